The van der Waals surface area contributed by atoms with Gasteiger partial charge in [0.25, 0.3) is 0 Å². The zero-order chi connectivity index (χ0) is 18.5. The van der Waals surface area contributed by atoms with E-state index in [-0.39, 0.29) is 12.5 Å². The molecule has 0 aliphatic heterocycles. The van der Waals surface area contributed by atoms with Gasteiger partial charge < -0.3 is 9.42 Å². The Bertz CT molecular complexity index is 884. The highest BCUT2D eigenvalue weighted by molar-refractivity contribution is 7.99. The first-order valence-electron chi connectivity index (χ1n) is 7.65. The fourth-order valence-electron chi connectivity index (χ4n) is 2.11. The summed E-state index contributed by atoms with van der Waals surface area (Å²) in [5.74, 6) is 1.91. The summed E-state index contributed by atoms with van der Waals surface area (Å²) in [5, 5.41) is 7.10. The van der Waals surface area contributed by atoms with Gasteiger partial charge in [-0.3, -0.25) is 4.79 Å². The first kappa shape index (κ1) is 19.2. The average Bonchev–Trinajstić information content (AvgIpc) is 3.28. The summed E-state index contributed by atoms with van der Waals surface area (Å²) in [7, 11) is 1.72. The lowest BCUT2D eigenvalue weighted by Gasteiger charge is -2.14. The minimum atomic E-state index is -0.0176. The van der Waals surface area contributed by atoms with Crippen LogP contribution < -0.4 is 0 Å². The number of hydrogen-bond acceptors (Lipinski definition) is 6. The van der Waals surface area contributed by atoms with Crippen molar-refractivity contribution in [2.24, 2.45) is 0 Å². The fraction of sp³-hybridized carbons (Fsp3) is 0.235. The van der Waals surface area contributed by atoms with E-state index in [2.05, 4.69) is 10.1 Å². The molecule has 0 saturated carbocycles. The van der Waals surface area contributed by atoms with Crippen LogP contribution in [0, 0.1) is 0 Å². The van der Waals surface area contributed by atoms with Gasteiger partial charge in [0.05, 0.1) is 17.2 Å². The molecule has 0 radical (unpaired) electrons. The summed E-state index contributed by atoms with van der Waals surface area (Å²) in [4.78, 5) is 19.1. The number of rotatable bonds is 7. The Morgan fingerprint density at radius 3 is 2.92 bits per heavy atom. The van der Waals surface area contributed by atoms with Gasteiger partial charge in [-0.1, -0.05) is 40.5 Å². The molecule has 0 saturated heterocycles. The van der Waals surface area contributed by atoms with Gasteiger partial charge in [0.15, 0.2) is 0 Å². The van der Waals surface area contributed by atoms with Gasteiger partial charge in [0, 0.05) is 22.8 Å². The lowest BCUT2D eigenvalue weighted by molar-refractivity contribution is -0.127. The van der Waals surface area contributed by atoms with Crippen LogP contribution in [0.2, 0.25) is 10.0 Å². The monoisotopic (exact) mass is 427 g/mol. The number of benzene rings is 1. The van der Waals surface area contributed by atoms with Crippen molar-refractivity contribution in [3.63, 3.8) is 0 Å². The van der Waals surface area contributed by atoms with Crippen LogP contribution in [0.15, 0.2) is 40.2 Å². The van der Waals surface area contributed by atoms with E-state index in [0.717, 1.165) is 10.4 Å². The number of amides is 1. The Labute approximate surface area is 169 Å². The van der Waals surface area contributed by atoms with Crippen molar-refractivity contribution in [1.29, 1.82) is 0 Å². The molecule has 3 aromatic rings. The molecule has 0 fully saturated rings. The summed E-state index contributed by atoms with van der Waals surface area (Å²) in [6, 6.07) is 9.21. The largest absolute Gasteiger partial charge is 0.337 e. The van der Waals surface area contributed by atoms with Crippen molar-refractivity contribution in [3.8, 4) is 10.7 Å². The van der Waals surface area contributed by atoms with Gasteiger partial charge in [0.2, 0.25) is 17.6 Å². The molecule has 26 heavy (non-hydrogen) atoms. The van der Waals surface area contributed by atoms with Crippen molar-refractivity contribution in [2.75, 3.05) is 12.8 Å². The zero-order valence-corrected chi connectivity index (χ0v) is 17.0. The lowest BCUT2D eigenvalue weighted by Crippen LogP contribution is -2.28. The minimum absolute atomic E-state index is 0.0176. The Morgan fingerprint density at radius 1 is 1.35 bits per heavy atom. The van der Waals surface area contributed by atoms with Crippen LogP contribution in [0.25, 0.3) is 10.7 Å². The average molecular weight is 428 g/mol. The van der Waals surface area contributed by atoms with Crippen LogP contribution in [-0.4, -0.2) is 33.7 Å². The zero-order valence-electron chi connectivity index (χ0n) is 13.8. The maximum absolute atomic E-state index is 12.3. The van der Waals surface area contributed by atoms with Crippen molar-refractivity contribution in [3.05, 3.63) is 57.2 Å². The van der Waals surface area contributed by atoms with E-state index in [1.54, 1.807) is 24.1 Å². The van der Waals surface area contributed by atoms with Crippen molar-refractivity contribution < 1.29 is 9.32 Å². The van der Waals surface area contributed by atoms with Gasteiger partial charge in [-0.15, -0.1) is 23.1 Å². The van der Waals surface area contributed by atoms with E-state index < -0.39 is 0 Å². The molecule has 1 aromatic carbocycles. The van der Waals surface area contributed by atoms with Crippen LogP contribution in [-0.2, 0) is 17.1 Å². The van der Waals surface area contributed by atoms with Gasteiger partial charge >= 0.3 is 0 Å². The molecule has 0 aliphatic rings. The molecule has 2 heterocycles. The highest BCUT2D eigenvalue weighted by atomic mass is 35.5. The quantitative estimate of drug-likeness (QED) is 0.530. The SMILES string of the molecule is CN(Cc1nc(-c2cccs2)no1)C(=O)CSCc1ccc(Cl)cc1Cl. The second-order valence-electron chi connectivity index (χ2n) is 5.47. The summed E-state index contributed by atoms with van der Waals surface area (Å²) < 4.78 is 5.22. The Morgan fingerprint density at radius 2 is 2.19 bits per heavy atom. The van der Waals surface area contributed by atoms with E-state index in [4.69, 9.17) is 27.7 Å². The van der Waals surface area contributed by atoms with E-state index in [9.17, 15) is 4.79 Å². The van der Waals surface area contributed by atoms with Crippen molar-refractivity contribution in [2.45, 2.75) is 12.3 Å². The molecule has 3 rings (SSSR count). The predicted octanol–water partition coefficient (Wildman–Crippen LogP) is 5.00. The maximum Gasteiger partial charge on any atom is 0.246 e. The molecule has 0 N–H and O–H groups in total. The molecule has 2 aromatic heterocycles. The molecule has 0 aliphatic carbocycles. The second kappa shape index (κ2) is 8.90. The normalized spacial score (nSPS) is 10.9. The molecule has 5 nitrogen and oxygen atoms in total. The van der Waals surface area contributed by atoms with Gasteiger partial charge in [0.1, 0.15) is 0 Å². The van der Waals surface area contributed by atoms with Gasteiger partial charge in [-0.2, -0.15) is 4.98 Å². The van der Waals surface area contributed by atoms with Crippen LogP contribution in [0.3, 0.4) is 0 Å². The molecule has 0 bridgehead atoms. The molecule has 0 spiro atoms. The third-order valence-corrected chi connectivity index (χ3v) is 5.93. The third-order valence-electron chi connectivity index (χ3n) is 3.51. The second-order valence-corrected chi connectivity index (χ2v) is 8.24. The number of thioether (sulfide) groups is 1. The van der Waals surface area contributed by atoms with Crippen LogP contribution in [0.4, 0.5) is 0 Å². The summed E-state index contributed by atoms with van der Waals surface area (Å²) in [5.41, 5.74) is 0.953. The molecule has 0 atom stereocenters. The number of aromatic nitrogens is 2. The van der Waals surface area contributed by atoms with Crippen LogP contribution >= 0.6 is 46.3 Å². The first-order chi connectivity index (χ1) is 12.5. The number of hydrogen-bond donors (Lipinski definition) is 0. The Hall–Kier alpha value is -1.54. The number of halogens is 2. The first-order valence-corrected chi connectivity index (χ1v) is 10.4. The summed E-state index contributed by atoms with van der Waals surface area (Å²) >= 11 is 15.1. The molecule has 136 valence electrons. The number of nitrogens with zero attached hydrogens (tertiary/aromatic N) is 3. The van der Waals surface area contributed by atoms with Crippen molar-refractivity contribution >= 4 is 52.2 Å². The topological polar surface area (TPSA) is 59.2 Å². The van der Waals surface area contributed by atoms with E-state index in [0.29, 0.717) is 33.3 Å². The lowest BCUT2D eigenvalue weighted by atomic mass is 10.2. The van der Waals surface area contributed by atoms with Gasteiger partial charge in [-0.25, -0.2) is 0 Å². The molecular formula is C17H15Cl2N3O2S2. The minimum Gasteiger partial charge on any atom is -0.337 e. The third kappa shape index (κ3) is 5.01. The van der Waals surface area contributed by atoms with Crippen molar-refractivity contribution in [1.82, 2.24) is 15.0 Å². The maximum atomic E-state index is 12.3. The predicted molar refractivity (Wildman–Crippen MR) is 107 cm³/mol. The van der Waals surface area contributed by atoms with Crippen LogP contribution in [0.1, 0.15) is 11.5 Å². The highest BCUT2D eigenvalue weighted by Crippen LogP contribution is 2.25. The number of carbonyl (C=O) groups is 1. The summed E-state index contributed by atoms with van der Waals surface area (Å²) in [6.45, 7) is 0.277. The fourth-order valence-corrected chi connectivity index (χ4v) is 4.29. The number of carbonyl (C=O) groups excluding carboxylic acids is 1. The standard InChI is InChI=1S/C17H15Cl2N3O2S2/c1-22(8-15-20-17(21-24-15)14-3-2-6-26-14)16(23)10-25-9-11-4-5-12(18)7-13(11)19/h2-7H,8-10H2,1H3. The molecular weight excluding hydrogens is 413 g/mol. The highest BCUT2D eigenvalue weighted by Gasteiger charge is 2.15. The van der Waals surface area contributed by atoms with Crippen LogP contribution in [0.5, 0.6) is 0 Å². The number of thiophene rings is 1. The molecule has 9 heteroatoms. The smallest absolute Gasteiger partial charge is 0.246 e. The Kier molecular flexibility index (Phi) is 6.58. The van der Waals surface area contributed by atoms with E-state index in [1.165, 1.54) is 23.1 Å². The van der Waals surface area contributed by atoms with Gasteiger partial charge in [-0.05, 0) is 29.1 Å². The molecule has 1 amide bonds. The van der Waals surface area contributed by atoms with E-state index in [1.807, 2.05) is 23.6 Å². The molecule has 0 unspecified atom stereocenters. The summed E-state index contributed by atoms with van der Waals surface area (Å²) in [6.07, 6.45) is 0. The Balaban J connectivity index is 1.49. The van der Waals surface area contributed by atoms with E-state index >= 15 is 0 Å².